The molecule has 4 nitrogen and oxygen atoms in total. The zero-order chi connectivity index (χ0) is 14.1. The van der Waals surface area contributed by atoms with Crippen LogP contribution in [0.25, 0.3) is 5.69 Å². The third kappa shape index (κ3) is 2.72. The van der Waals surface area contributed by atoms with Crippen LogP contribution in [0.15, 0.2) is 36.5 Å². The average molecular weight is 282 g/mol. The first-order valence-electron chi connectivity index (χ1n) is 8.06. The molecule has 1 aromatic heterocycles. The van der Waals surface area contributed by atoms with E-state index < -0.39 is 0 Å². The third-order valence-electron chi connectivity index (χ3n) is 5.12. The van der Waals surface area contributed by atoms with E-state index in [1.54, 1.807) is 4.80 Å². The van der Waals surface area contributed by atoms with Crippen LogP contribution in [0.2, 0.25) is 0 Å². The van der Waals surface area contributed by atoms with E-state index in [9.17, 15) is 0 Å². The largest absolute Gasteiger partial charge is 0.311 e. The van der Waals surface area contributed by atoms with Crippen LogP contribution in [0, 0.1) is 17.8 Å². The molecule has 0 saturated heterocycles. The summed E-state index contributed by atoms with van der Waals surface area (Å²) in [5, 5.41) is 12.5. The lowest BCUT2D eigenvalue weighted by atomic mass is 9.89. The van der Waals surface area contributed by atoms with Crippen molar-refractivity contribution in [3.63, 3.8) is 0 Å². The SMILES string of the molecule is c1ccc(-n2ncc(CNCC3CC4CCC3C4)n2)cc1. The van der Waals surface area contributed by atoms with Crippen LogP contribution in [0.4, 0.5) is 0 Å². The molecule has 110 valence electrons. The average Bonchev–Trinajstić information content (AvgIpc) is 3.24. The number of hydrogen-bond acceptors (Lipinski definition) is 3. The predicted octanol–water partition coefficient (Wildman–Crippen LogP) is 2.79. The maximum absolute atomic E-state index is 4.54. The standard InChI is InChI=1S/C17H22N4/c1-2-4-17(5-3-1)21-19-12-16(20-21)11-18-10-15-9-13-6-7-14(15)8-13/h1-5,12-15,18H,6-11H2. The molecule has 4 rings (SSSR count). The summed E-state index contributed by atoms with van der Waals surface area (Å²) in [4.78, 5) is 1.70. The molecule has 2 bridgehead atoms. The fraction of sp³-hybridized carbons (Fsp3) is 0.529. The Kier molecular flexibility index (Phi) is 3.47. The maximum atomic E-state index is 4.54. The second-order valence-corrected chi connectivity index (χ2v) is 6.53. The molecule has 2 aromatic rings. The van der Waals surface area contributed by atoms with Crippen molar-refractivity contribution in [2.24, 2.45) is 17.8 Å². The lowest BCUT2D eigenvalue weighted by Crippen LogP contribution is -2.26. The summed E-state index contributed by atoms with van der Waals surface area (Å²) in [6.45, 7) is 1.96. The molecule has 3 unspecified atom stereocenters. The van der Waals surface area contributed by atoms with E-state index in [1.807, 2.05) is 36.5 Å². The van der Waals surface area contributed by atoms with Gasteiger partial charge in [-0.2, -0.15) is 15.0 Å². The van der Waals surface area contributed by atoms with Gasteiger partial charge in [-0.1, -0.05) is 24.6 Å². The van der Waals surface area contributed by atoms with Gasteiger partial charge in [0.05, 0.1) is 17.6 Å². The number of benzene rings is 1. The van der Waals surface area contributed by atoms with Crippen molar-refractivity contribution in [1.29, 1.82) is 0 Å². The highest BCUT2D eigenvalue weighted by atomic mass is 15.5. The highest BCUT2D eigenvalue weighted by Crippen LogP contribution is 2.47. The molecule has 0 radical (unpaired) electrons. The topological polar surface area (TPSA) is 42.7 Å². The van der Waals surface area contributed by atoms with Gasteiger partial charge in [0, 0.05) is 6.54 Å². The fourth-order valence-corrected chi connectivity index (χ4v) is 4.07. The van der Waals surface area contributed by atoms with Gasteiger partial charge in [-0.3, -0.25) is 0 Å². The van der Waals surface area contributed by atoms with Crippen molar-refractivity contribution in [3.05, 3.63) is 42.2 Å². The van der Waals surface area contributed by atoms with Gasteiger partial charge in [0.15, 0.2) is 0 Å². The zero-order valence-corrected chi connectivity index (χ0v) is 12.3. The van der Waals surface area contributed by atoms with Gasteiger partial charge in [0.2, 0.25) is 0 Å². The van der Waals surface area contributed by atoms with E-state index in [4.69, 9.17) is 0 Å². The quantitative estimate of drug-likeness (QED) is 0.917. The Morgan fingerprint density at radius 3 is 2.81 bits per heavy atom. The Morgan fingerprint density at radius 1 is 1.14 bits per heavy atom. The van der Waals surface area contributed by atoms with E-state index >= 15 is 0 Å². The Hall–Kier alpha value is -1.68. The van der Waals surface area contributed by atoms with Gasteiger partial charge in [0.25, 0.3) is 0 Å². The van der Waals surface area contributed by atoms with E-state index in [2.05, 4.69) is 15.5 Å². The number of rotatable bonds is 5. The molecule has 3 atom stereocenters. The summed E-state index contributed by atoms with van der Waals surface area (Å²) in [6.07, 6.45) is 7.72. The first kappa shape index (κ1) is 13.0. The van der Waals surface area contributed by atoms with Gasteiger partial charge in [-0.15, -0.1) is 0 Å². The number of nitrogens with one attached hydrogen (secondary N) is 1. The van der Waals surface area contributed by atoms with Crippen molar-refractivity contribution < 1.29 is 0 Å². The van der Waals surface area contributed by atoms with Crippen molar-refractivity contribution in [1.82, 2.24) is 20.3 Å². The number of nitrogens with zero attached hydrogens (tertiary/aromatic N) is 3. The van der Waals surface area contributed by atoms with Gasteiger partial charge in [0.1, 0.15) is 0 Å². The lowest BCUT2D eigenvalue weighted by molar-refractivity contribution is 0.318. The normalized spacial score (nSPS) is 27.3. The van der Waals surface area contributed by atoms with Gasteiger partial charge in [-0.05, 0) is 55.7 Å². The number of aromatic nitrogens is 3. The Bertz CT molecular complexity index is 592. The van der Waals surface area contributed by atoms with Crippen LogP contribution in [0.1, 0.15) is 31.4 Å². The molecule has 4 heteroatoms. The highest BCUT2D eigenvalue weighted by molar-refractivity contribution is 5.28. The molecular weight excluding hydrogens is 260 g/mol. The molecule has 1 heterocycles. The first-order valence-corrected chi connectivity index (χ1v) is 8.06. The predicted molar refractivity (Wildman–Crippen MR) is 82.0 cm³/mol. The van der Waals surface area contributed by atoms with Crippen LogP contribution in [-0.2, 0) is 6.54 Å². The Labute approximate surface area is 125 Å². The summed E-state index contributed by atoms with van der Waals surface area (Å²) in [7, 11) is 0. The van der Waals surface area contributed by atoms with Crippen molar-refractivity contribution in [3.8, 4) is 5.69 Å². The molecule has 2 aliphatic carbocycles. The van der Waals surface area contributed by atoms with Crippen LogP contribution in [0.3, 0.4) is 0 Å². The van der Waals surface area contributed by atoms with Gasteiger partial charge < -0.3 is 5.32 Å². The Morgan fingerprint density at radius 2 is 2.05 bits per heavy atom. The molecule has 2 saturated carbocycles. The number of para-hydroxylation sites is 1. The van der Waals surface area contributed by atoms with E-state index in [0.717, 1.165) is 42.2 Å². The van der Waals surface area contributed by atoms with Crippen LogP contribution in [-0.4, -0.2) is 21.5 Å². The van der Waals surface area contributed by atoms with Crippen molar-refractivity contribution in [2.45, 2.75) is 32.2 Å². The second kappa shape index (κ2) is 5.60. The van der Waals surface area contributed by atoms with E-state index in [-0.39, 0.29) is 0 Å². The molecule has 0 spiro atoms. The number of hydrogen-bond donors (Lipinski definition) is 1. The first-order chi connectivity index (χ1) is 10.4. The molecule has 1 N–H and O–H groups in total. The summed E-state index contributed by atoms with van der Waals surface area (Å²) >= 11 is 0. The third-order valence-corrected chi connectivity index (χ3v) is 5.12. The highest BCUT2D eigenvalue weighted by Gasteiger charge is 2.38. The van der Waals surface area contributed by atoms with Crippen molar-refractivity contribution >= 4 is 0 Å². The van der Waals surface area contributed by atoms with Gasteiger partial charge >= 0.3 is 0 Å². The molecule has 0 amide bonds. The summed E-state index contributed by atoms with van der Waals surface area (Å²) in [5.41, 5.74) is 2.03. The summed E-state index contributed by atoms with van der Waals surface area (Å²) < 4.78 is 0. The molecule has 21 heavy (non-hydrogen) atoms. The van der Waals surface area contributed by atoms with Crippen LogP contribution < -0.4 is 5.32 Å². The summed E-state index contributed by atoms with van der Waals surface area (Å²) in [5.74, 6) is 2.91. The van der Waals surface area contributed by atoms with Crippen LogP contribution >= 0.6 is 0 Å². The minimum Gasteiger partial charge on any atom is -0.311 e. The minimum absolute atomic E-state index is 0.820. The maximum Gasteiger partial charge on any atom is 0.0969 e. The monoisotopic (exact) mass is 282 g/mol. The second-order valence-electron chi connectivity index (χ2n) is 6.53. The molecule has 2 fully saturated rings. The smallest absolute Gasteiger partial charge is 0.0969 e. The zero-order valence-electron chi connectivity index (χ0n) is 12.3. The molecular formula is C17H22N4. The summed E-state index contributed by atoms with van der Waals surface area (Å²) in [6, 6.07) is 10.1. The number of fused-ring (bicyclic) bond motifs is 2. The van der Waals surface area contributed by atoms with E-state index in [1.165, 1.54) is 25.7 Å². The van der Waals surface area contributed by atoms with Crippen molar-refractivity contribution in [2.75, 3.05) is 6.54 Å². The molecule has 2 aliphatic rings. The molecule has 0 aliphatic heterocycles. The lowest BCUT2D eigenvalue weighted by Gasteiger charge is -2.21. The Balaban J connectivity index is 1.31. The van der Waals surface area contributed by atoms with Crippen LogP contribution in [0.5, 0.6) is 0 Å². The van der Waals surface area contributed by atoms with Gasteiger partial charge in [-0.25, -0.2) is 0 Å². The molecule has 1 aromatic carbocycles. The van der Waals surface area contributed by atoms with E-state index in [0.29, 0.717) is 0 Å². The fourth-order valence-electron chi connectivity index (χ4n) is 4.07. The minimum atomic E-state index is 0.820.